The van der Waals surface area contributed by atoms with Crippen LogP contribution in [0.5, 0.6) is 0 Å². The highest BCUT2D eigenvalue weighted by atomic mass is 32.3. The van der Waals surface area contributed by atoms with Gasteiger partial charge in [-0.3, -0.25) is 4.18 Å². The van der Waals surface area contributed by atoms with E-state index in [0.29, 0.717) is 6.42 Å². The molecule has 208 valence electrons. The topological polar surface area (TPSA) is 164 Å². The van der Waals surface area contributed by atoms with Gasteiger partial charge in [0.1, 0.15) is 0 Å². The molecule has 33 heavy (non-hydrogen) atoms. The summed E-state index contributed by atoms with van der Waals surface area (Å²) in [6.45, 7) is 8.08. The van der Waals surface area contributed by atoms with Gasteiger partial charge in [-0.15, -0.1) is 0 Å². The average molecular weight is 506 g/mol. The Morgan fingerprint density at radius 3 is 0.970 bits per heavy atom. The first kappa shape index (κ1) is 42.8. The molecular formula is C24H59NO7S. The predicted octanol–water partition coefficient (Wildman–Crippen LogP) is 6.10. The fraction of sp³-hybridized carbons (Fsp3) is 1.00. The lowest BCUT2D eigenvalue weighted by atomic mass is 10.0. The van der Waals surface area contributed by atoms with E-state index in [-0.39, 0.29) is 32.6 Å². The summed E-state index contributed by atoms with van der Waals surface area (Å²) in [5.74, 6) is 0. The standard InChI is InChI=1S/C18H38O4S.3C2H6O.H3N/c1-2-3-4-5-6-7-8-9-10-11-12-13-14-15-16-17-18-22-23(19,20)21;3*1-2-3;/h2-18H2,1H3,(H,19,20,21);3*3H,2H2,1H3;1H3. The smallest absolute Gasteiger partial charge is 0.217 e. The average Bonchev–Trinajstić information content (AvgIpc) is 2.71. The lowest BCUT2D eigenvalue weighted by Crippen LogP contribution is -2.05. The molecule has 0 radical (unpaired) electrons. The molecule has 0 aliphatic carbocycles. The third-order valence-corrected chi connectivity index (χ3v) is 4.68. The van der Waals surface area contributed by atoms with Crippen molar-refractivity contribution in [3.05, 3.63) is 0 Å². The minimum atomic E-state index is -4.49. The van der Waals surface area contributed by atoms with Crippen molar-refractivity contribution in [3.8, 4) is 0 Å². The Kier molecular flexibility index (Phi) is 54.4. The second-order valence-electron chi connectivity index (χ2n) is 7.48. The summed E-state index contributed by atoms with van der Waals surface area (Å²) in [6, 6.07) is 0. The van der Waals surface area contributed by atoms with Gasteiger partial charge in [-0.05, 0) is 27.2 Å². The van der Waals surface area contributed by atoms with Gasteiger partial charge in [-0.1, -0.05) is 103 Å². The first-order valence-corrected chi connectivity index (χ1v) is 14.1. The van der Waals surface area contributed by atoms with Gasteiger partial charge in [0.05, 0.1) is 6.61 Å². The number of rotatable bonds is 18. The highest BCUT2D eigenvalue weighted by Gasteiger charge is 1.96. The minimum absolute atomic E-state index is 0. The summed E-state index contributed by atoms with van der Waals surface area (Å²) in [4.78, 5) is 0. The van der Waals surface area contributed by atoms with Crippen molar-refractivity contribution >= 4 is 10.4 Å². The monoisotopic (exact) mass is 505 g/mol. The van der Waals surface area contributed by atoms with E-state index in [1.165, 1.54) is 83.5 Å². The van der Waals surface area contributed by atoms with Crippen molar-refractivity contribution in [1.29, 1.82) is 0 Å². The Hall–Kier alpha value is -0.290. The lowest BCUT2D eigenvalue weighted by molar-refractivity contribution is 0.255. The van der Waals surface area contributed by atoms with Crippen LogP contribution < -0.4 is 6.15 Å². The summed E-state index contributed by atoms with van der Waals surface area (Å²) < 4.78 is 34.8. The summed E-state index contributed by atoms with van der Waals surface area (Å²) in [5.41, 5.74) is 0. The van der Waals surface area contributed by atoms with E-state index in [2.05, 4.69) is 11.1 Å². The van der Waals surface area contributed by atoms with Gasteiger partial charge in [-0.25, -0.2) is 8.42 Å². The third kappa shape index (κ3) is 72.0. The number of aliphatic hydroxyl groups excluding tert-OH is 3. The molecule has 8 nitrogen and oxygen atoms in total. The zero-order valence-electron chi connectivity index (χ0n) is 22.5. The molecule has 0 bridgehead atoms. The van der Waals surface area contributed by atoms with E-state index in [1.54, 1.807) is 20.8 Å². The van der Waals surface area contributed by atoms with Gasteiger partial charge in [0.2, 0.25) is 10.4 Å². The molecule has 0 unspecified atom stereocenters. The van der Waals surface area contributed by atoms with Crippen LogP contribution in [-0.4, -0.2) is 54.7 Å². The first-order chi connectivity index (χ1) is 15.3. The Morgan fingerprint density at radius 1 is 0.545 bits per heavy atom. The van der Waals surface area contributed by atoms with Crippen LogP contribution in [0.15, 0.2) is 0 Å². The quantitative estimate of drug-likeness (QED) is 0.0992. The van der Waals surface area contributed by atoms with E-state index < -0.39 is 10.4 Å². The van der Waals surface area contributed by atoms with Gasteiger partial charge in [-0.2, -0.15) is 0 Å². The predicted molar refractivity (Wildman–Crippen MR) is 139 cm³/mol. The molecule has 7 N–H and O–H groups in total. The van der Waals surface area contributed by atoms with Crippen LogP contribution in [0.25, 0.3) is 0 Å². The Labute approximate surface area is 206 Å². The van der Waals surface area contributed by atoms with Gasteiger partial charge >= 0.3 is 0 Å². The molecule has 0 aliphatic heterocycles. The Balaban J connectivity index is -0.000000224. The normalized spacial score (nSPS) is 9.94. The molecule has 0 saturated carbocycles. The molecule has 0 rings (SSSR count). The molecule has 0 atom stereocenters. The third-order valence-electron chi connectivity index (χ3n) is 4.23. The second kappa shape index (κ2) is 41.9. The zero-order valence-corrected chi connectivity index (χ0v) is 23.3. The number of hydrogen-bond acceptors (Lipinski definition) is 7. The maximum absolute atomic E-state index is 10.2. The van der Waals surface area contributed by atoms with Crippen LogP contribution in [0.2, 0.25) is 0 Å². The van der Waals surface area contributed by atoms with E-state index in [9.17, 15) is 13.0 Å². The maximum Gasteiger partial charge on any atom is 0.217 e. The van der Waals surface area contributed by atoms with E-state index in [0.717, 1.165) is 12.8 Å². The number of quaternary nitrogens is 1. The molecule has 0 fully saturated rings. The van der Waals surface area contributed by atoms with Gasteiger partial charge in [0.15, 0.2) is 0 Å². The van der Waals surface area contributed by atoms with Gasteiger partial charge in [0.25, 0.3) is 0 Å². The molecule has 0 aromatic rings. The lowest BCUT2D eigenvalue weighted by Gasteiger charge is -2.07. The molecule has 0 spiro atoms. The van der Waals surface area contributed by atoms with Crippen LogP contribution in [-0.2, 0) is 14.6 Å². The van der Waals surface area contributed by atoms with Crippen molar-refractivity contribution < 1.29 is 32.5 Å². The van der Waals surface area contributed by atoms with Crippen LogP contribution in [0, 0.1) is 0 Å². The Morgan fingerprint density at radius 2 is 0.758 bits per heavy atom. The molecule has 0 saturated heterocycles. The van der Waals surface area contributed by atoms with Crippen LogP contribution in [0.1, 0.15) is 130 Å². The van der Waals surface area contributed by atoms with Crippen LogP contribution >= 0.6 is 0 Å². The number of hydrogen-bond donors (Lipinski definition) is 4. The van der Waals surface area contributed by atoms with Crippen molar-refractivity contribution in [3.63, 3.8) is 0 Å². The molecule has 9 heteroatoms. The summed E-state index contributed by atoms with van der Waals surface area (Å²) >= 11 is 0. The van der Waals surface area contributed by atoms with E-state index >= 15 is 0 Å². The van der Waals surface area contributed by atoms with Gasteiger partial charge in [0, 0.05) is 19.8 Å². The van der Waals surface area contributed by atoms with E-state index in [1.807, 2.05) is 0 Å². The van der Waals surface area contributed by atoms with E-state index in [4.69, 9.17) is 15.3 Å². The van der Waals surface area contributed by atoms with Gasteiger partial charge < -0.3 is 26.0 Å². The molecule has 0 aromatic heterocycles. The SMILES string of the molecule is CCCCCCCCCCCCCCCCCCOS(=O)(=O)[O-].CCO.CCO.CCO.[NH4+]. The highest BCUT2D eigenvalue weighted by molar-refractivity contribution is 7.80. The molecule has 0 aliphatic rings. The van der Waals surface area contributed by atoms with Crippen molar-refractivity contribution in [2.45, 2.75) is 130 Å². The zero-order chi connectivity index (χ0) is 25.3. The van der Waals surface area contributed by atoms with Crippen LogP contribution in [0.4, 0.5) is 0 Å². The Bertz CT molecular complexity index is 378. The molecule has 0 aromatic carbocycles. The summed E-state index contributed by atoms with van der Waals surface area (Å²) in [7, 11) is -4.49. The fourth-order valence-corrected chi connectivity index (χ4v) is 3.13. The maximum atomic E-state index is 10.2. The van der Waals surface area contributed by atoms with Crippen molar-refractivity contribution in [2.24, 2.45) is 0 Å². The molecule has 0 amide bonds. The molecule has 0 heterocycles. The fourth-order valence-electron chi connectivity index (χ4n) is 2.81. The molecular weight excluding hydrogens is 446 g/mol. The van der Waals surface area contributed by atoms with Crippen LogP contribution in [0.3, 0.4) is 0 Å². The number of unbranched alkanes of at least 4 members (excludes halogenated alkanes) is 15. The van der Waals surface area contributed by atoms with Crippen molar-refractivity contribution in [1.82, 2.24) is 6.15 Å². The number of aliphatic hydroxyl groups is 3. The summed E-state index contributed by atoms with van der Waals surface area (Å²) in [5, 5.41) is 22.7. The minimum Gasteiger partial charge on any atom is -0.726 e. The van der Waals surface area contributed by atoms with Crippen molar-refractivity contribution in [2.75, 3.05) is 26.4 Å². The first-order valence-electron chi connectivity index (χ1n) is 12.7. The second-order valence-corrected chi connectivity index (χ2v) is 8.53. The highest BCUT2D eigenvalue weighted by Crippen LogP contribution is 2.13. The summed E-state index contributed by atoms with van der Waals surface area (Å²) in [6.07, 6.45) is 20.3. The largest absolute Gasteiger partial charge is 0.726 e.